The van der Waals surface area contributed by atoms with Gasteiger partial charge in [0.05, 0.1) is 4.90 Å². The van der Waals surface area contributed by atoms with Gasteiger partial charge in [0.2, 0.25) is 15.9 Å². The molecule has 1 aliphatic rings. The van der Waals surface area contributed by atoms with Crippen molar-refractivity contribution in [3.05, 3.63) is 30.1 Å². The fourth-order valence-electron chi connectivity index (χ4n) is 3.01. The average molecular weight is 342 g/mol. The van der Waals surface area contributed by atoms with Crippen molar-refractivity contribution < 1.29 is 17.6 Å². The van der Waals surface area contributed by atoms with E-state index in [9.17, 15) is 17.6 Å². The third kappa shape index (κ3) is 5.00. The summed E-state index contributed by atoms with van der Waals surface area (Å²) in [7, 11) is -3.71. The predicted molar refractivity (Wildman–Crippen MR) is 85.7 cm³/mol. The molecule has 0 bridgehead atoms. The molecule has 2 rings (SSSR count). The summed E-state index contributed by atoms with van der Waals surface area (Å²) in [4.78, 5) is 14.0. The van der Waals surface area contributed by atoms with Gasteiger partial charge < -0.3 is 4.90 Å². The number of hydrogen-bond donors (Lipinski definition) is 1. The van der Waals surface area contributed by atoms with Crippen molar-refractivity contribution in [3.63, 3.8) is 0 Å². The monoisotopic (exact) mass is 342 g/mol. The van der Waals surface area contributed by atoms with Crippen molar-refractivity contribution in [1.29, 1.82) is 0 Å². The molecule has 2 atom stereocenters. The normalized spacial score (nSPS) is 22.1. The molecule has 23 heavy (non-hydrogen) atoms. The van der Waals surface area contributed by atoms with Gasteiger partial charge in [0.25, 0.3) is 0 Å². The molecular weight excluding hydrogens is 319 g/mol. The van der Waals surface area contributed by atoms with Gasteiger partial charge in [-0.2, -0.15) is 0 Å². The highest BCUT2D eigenvalue weighted by atomic mass is 32.2. The maximum atomic E-state index is 12.8. The minimum atomic E-state index is -3.71. The summed E-state index contributed by atoms with van der Waals surface area (Å²) in [6.45, 7) is 5.74. The summed E-state index contributed by atoms with van der Waals surface area (Å²) in [5.74, 6) is 0.412. The van der Waals surface area contributed by atoms with E-state index in [-0.39, 0.29) is 23.8 Å². The number of rotatable bonds is 5. The maximum absolute atomic E-state index is 12.8. The lowest BCUT2D eigenvalue weighted by Crippen LogP contribution is -2.43. The van der Waals surface area contributed by atoms with E-state index in [2.05, 4.69) is 18.6 Å². The molecule has 5 nitrogen and oxygen atoms in total. The summed E-state index contributed by atoms with van der Waals surface area (Å²) >= 11 is 0. The van der Waals surface area contributed by atoms with Gasteiger partial charge in [0.15, 0.2) is 0 Å². The molecule has 1 aromatic rings. The van der Waals surface area contributed by atoms with Crippen LogP contribution in [0.4, 0.5) is 4.39 Å². The molecule has 1 aliphatic heterocycles. The van der Waals surface area contributed by atoms with Gasteiger partial charge in [0.1, 0.15) is 5.82 Å². The molecule has 1 heterocycles. The van der Waals surface area contributed by atoms with Gasteiger partial charge in [-0.25, -0.2) is 17.5 Å². The van der Waals surface area contributed by atoms with Gasteiger partial charge >= 0.3 is 0 Å². The van der Waals surface area contributed by atoms with E-state index in [1.54, 1.807) is 0 Å². The molecule has 1 amide bonds. The fraction of sp³-hybridized carbons (Fsp3) is 0.562. The number of nitrogens with one attached hydrogen (secondary N) is 1. The summed E-state index contributed by atoms with van der Waals surface area (Å²) in [5.41, 5.74) is 0. The topological polar surface area (TPSA) is 66.5 Å². The van der Waals surface area contributed by atoms with Crippen molar-refractivity contribution in [2.24, 2.45) is 11.8 Å². The Hall–Kier alpha value is -1.47. The molecule has 1 fully saturated rings. The van der Waals surface area contributed by atoms with E-state index in [4.69, 9.17) is 0 Å². The molecular formula is C16H23FN2O3S. The lowest BCUT2D eigenvalue weighted by Gasteiger charge is -2.35. The SMILES string of the molecule is CC1CC(C)CN(C(=O)CCNS(=O)(=O)c2ccc(F)cc2)C1. The van der Waals surface area contributed by atoms with Gasteiger partial charge in [-0.3, -0.25) is 4.79 Å². The first-order chi connectivity index (χ1) is 10.8. The third-order valence-corrected chi connectivity index (χ3v) is 5.45. The van der Waals surface area contributed by atoms with Crippen molar-refractivity contribution in [3.8, 4) is 0 Å². The number of hydrogen-bond acceptors (Lipinski definition) is 3. The Bertz CT molecular complexity index is 636. The number of benzene rings is 1. The molecule has 1 saturated heterocycles. The van der Waals surface area contributed by atoms with Crippen LogP contribution in [0.15, 0.2) is 29.2 Å². The van der Waals surface area contributed by atoms with E-state index in [1.807, 2.05) is 4.90 Å². The molecule has 2 unspecified atom stereocenters. The summed E-state index contributed by atoms with van der Waals surface area (Å²) in [6, 6.07) is 4.59. The zero-order valence-corrected chi connectivity index (χ0v) is 14.3. The number of carbonyl (C=O) groups is 1. The van der Waals surface area contributed by atoms with Crippen molar-refractivity contribution in [2.75, 3.05) is 19.6 Å². The van der Waals surface area contributed by atoms with Crippen molar-refractivity contribution >= 4 is 15.9 Å². The van der Waals surface area contributed by atoms with Crippen LogP contribution in [-0.2, 0) is 14.8 Å². The number of amides is 1. The first-order valence-corrected chi connectivity index (χ1v) is 9.29. The number of halogens is 1. The molecule has 1 aromatic carbocycles. The zero-order chi connectivity index (χ0) is 17.0. The van der Waals surface area contributed by atoms with Crippen LogP contribution >= 0.6 is 0 Å². The van der Waals surface area contributed by atoms with Gasteiger partial charge in [-0.15, -0.1) is 0 Å². The Labute approximate surface area is 136 Å². The number of carbonyl (C=O) groups excluding carboxylic acids is 1. The molecule has 0 saturated carbocycles. The first-order valence-electron chi connectivity index (χ1n) is 7.81. The Morgan fingerprint density at radius 1 is 1.22 bits per heavy atom. The number of sulfonamides is 1. The van der Waals surface area contributed by atoms with Gasteiger partial charge in [-0.05, 0) is 42.5 Å². The standard InChI is InChI=1S/C16H23FN2O3S/c1-12-9-13(2)11-19(10-12)16(20)7-8-18-23(21,22)15-5-3-14(17)4-6-15/h3-6,12-13,18H,7-11H2,1-2H3. The first kappa shape index (κ1) is 17.9. The maximum Gasteiger partial charge on any atom is 0.240 e. The molecule has 128 valence electrons. The number of piperidine rings is 1. The van der Waals surface area contributed by atoms with Crippen molar-refractivity contribution in [1.82, 2.24) is 9.62 Å². The molecule has 1 N–H and O–H groups in total. The summed E-state index contributed by atoms with van der Waals surface area (Å²) in [6.07, 6.45) is 1.24. The summed E-state index contributed by atoms with van der Waals surface area (Å²) in [5, 5.41) is 0. The molecule has 0 aliphatic carbocycles. The Kier molecular flexibility index (Phi) is 5.75. The van der Waals surface area contributed by atoms with Crippen molar-refractivity contribution in [2.45, 2.75) is 31.6 Å². The third-order valence-electron chi connectivity index (χ3n) is 3.98. The van der Waals surface area contributed by atoms with Crippen LogP contribution in [0.5, 0.6) is 0 Å². The Morgan fingerprint density at radius 3 is 2.35 bits per heavy atom. The molecule has 0 aromatic heterocycles. The van der Waals surface area contributed by atoms with Crippen LogP contribution in [0.25, 0.3) is 0 Å². The van der Waals surface area contributed by atoms with E-state index >= 15 is 0 Å². The smallest absolute Gasteiger partial charge is 0.240 e. The second-order valence-electron chi connectivity index (χ2n) is 6.35. The highest BCUT2D eigenvalue weighted by Gasteiger charge is 2.25. The van der Waals surface area contributed by atoms with Crippen LogP contribution in [0, 0.1) is 17.7 Å². The molecule has 7 heteroatoms. The van der Waals surface area contributed by atoms with Crippen LogP contribution in [-0.4, -0.2) is 38.9 Å². The zero-order valence-electron chi connectivity index (χ0n) is 13.5. The minimum Gasteiger partial charge on any atom is -0.342 e. The largest absolute Gasteiger partial charge is 0.342 e. The Balaban J connectivity index is 1.86. The van der Waals surface area contributed by atoms with E-state index in [0.29, 0.717) is 11.8 Å². The second kappa shape index (κ2) is 7.40. The Morgan fingerprint density at radius 2 is 1.78 bits per heavy atom. The highest BCUT2D eigenvalue weighted by Crippen LogP contribution is 2.21. The molecule has 0 radical (unpaired) electrons. The average Bonchev–Trinajstić information content (AvgIpc) is 2.46. The lowest BCUT2D eigenvalue weighted by atomic mass is 9.92. The molecule has 0 spiro atoms. The van der Waals surface area contributed by atoms with Crippen LogP contribution in [0.2, 0.25) is 0 Å². The second-order valence-corrected chi connectivity index (χ2v) is 8.11. The van der Waals surface area contributed by atoms with Crippen LogP contribution < -0.4 is 4.72 Å². The summed E-state index contributed by atoms with van der Waals surface area (Å²) < 4.78 is 39.3. The van der Waals surface area contributed by atoms with E-state index < -0.39 is 15.8 Å². The number of likely N-dealkylation sites (tertiary alicyclic amines) is 1. The lowest BCUT2D eigenvalue weighted by molar-refractivity contribution is -0.133. The predicted octanol–water partition coefficient (Wildman–Crippen LogP) is 2.00. The minimum absolute atomic E-state index is 0.00781. The van der Waals surface area contributed by atoms with E-state index in [1.165, 1.54) is 12.1 Å². The van der Waals surface area contributed by atoms with Crippen LogP contribution in [0.1, 0.15) is 26.7 Å². The highest BCUT2D eigenvalue weighted by molar-refractivity contribution is 7.89. The van der Waals surface area contributed by atoms with E-state index in [0.717, 1.165) is 31.6 Å². The fourth-order valence-corrected chi connectivity index (χ4v) is 4.05. The number of nitrogens with zero attached hydrogens (tertiary/aromatic N) is 1. The quantitative estimate of drug-likeness (QED) is 0.890. The van der Waals surface area contributed by atoms with Gasteiger partial charge in [0, 0.05) is 26.1 Å². The van der Waals surface area contributed by atoms with Gasteiger partial charge in [-0.1, -0.05) is 13.8 Å². The van der Waals surface area contributed by atoms with Crippen LogP contribution in [0.3, 0.4) is 0 Å².